The Balaban J connectivity index is 1.23. The van der Waals surface area contributed by atoms with E-state index in [1.54, 1.807) is 0 Å². The highest BCUT2D eigenvalue weighted by atomic mass is 32.1. The number of fused-ring (bicyclic) bond motifs is 7. The zero-order valence-corrected chi connectivity index (χ0v) is 31.4. The molecular weight excluding hydrogens is 695 g/mol. The molecular formula is C54H35NS. The minimum absolute atomic E-state index is 1.11. The Labute approximate surface area is 330 Å². The average molecular weight is 730 g/mol. The van der Waals surface area contributed by atoms with Crippen LogP contribution in [0.25, 0.3) is 85.9 Å². The van der Waals surface area contributed by atoms with E-state index in [1.165, 1.54) is 85.9 Å². The number of anilines is 3. The molecule has 0 fully saturated rings. The van der Waals surface area contributed by atoms with Crippen LogP contribution in [0.15, 0.2) is 212 Å². The molecule has 0 radical (unpaired) electrons. The Hall–Kier alpha value is -7.00. The van der Waals surface area contributed by atoms with Crippen LogP contribution < -0.4 is 4.90 Å². The van der Waals surface area contributed by atoms with Gasteiger partial charge in [0.15, 0.2) is 0 Å². The molecule has 1 nitrogen and oxygen atoms in total. The zero-order valence-electron chi connectivity index (χ0n) is 30.6. The first-order valence-electron chi connectivity index (χ1n) is 19.2. The number of hydrogen-bond donors (Lipinski definition) is 0. The molecule has 2 heteroatoms. The van der Waals surface area contributed by atoms with Crippen LogP contribution >= 0.6 is 11.3 Å². The van der Waals surface area contributed by atoms with Gasteiger partial charge >= 0.3 is 0 Å². The lowest BCUT2D eigenvalue weighted by Gasteiger charge is -2.28. The summed E-state index contributed by atoms with van der Waals surface area (Å²) in [6.45, 7) is 0. The number of benzene rings is 10. The van der Waals surface area contributed by atoms with Gasteiger partial charge in [-0.25, -0.2) is 0 Å². The number of thiophene rings is 1. The maximum absolute atomic E-state index is 2.50. The van der Waals surface area contributed by atoms with Crippen molar-refractivity contribution in [3.05, 3.63) is 212 Å². The van der Waals surface area contributed by atoms with Gasteiger partial charge in [-0.3, -0.25) is 0 Å². The van der Waals surface area contributed by atoms with E-state index in [2.05, 4.69) is 217 Å². The fraction of sp³-hybridized carbons (Fsp3) is 0. The summed E-state index contributed by atoms with van der Waals surface area (Å²) < 4.78 is 2.57. The van der Waals surface area contributed by atoms with E-state index in [4.69, 9.17) is 0 Å². The van der Waals surface area contributed by atoms with Gasteiger partial charge in [0.05, 0.1) is 5.69 Å². The molecule has 1 heterocycles. The van der Waals surface area contributed by atoms with Crippen molar-refractivity contribution in [2.45, 2.75) is 0 Å². The van der Waals surface area contributed by atoms with E-state index in [0.29, 0.717) is 0 Å². The SMILES string of the molecule is c1ccc(-c2ccc(N(c3ccc4ccc5ccccc5c4c3)c3ccc(-c4cccc5ccccc45)c4sc5ccccc5c34)cc2-c2ccccc2)cc1. The summed E-state index contributed by atoms with van der Waals surface area (Å²) in [5.74, 6) is 0. The Morgan fingerprint density at radius 3 is 1.66 bits per heavy atom. The lowest BCUT2D eigenvalue weighted by Crippen LogP contribution is -2.11. The van der Waals surface area contributed by atoms with E-state index in [9.17, 15) is 0 Å². The minimum Gasteiger partial charge on any atom is -0.310 e. The number of rotatable bonds is 6. The van der Waals surface area contributed by atoms with E-state index in [1.807, 2.05) is 11.3 Å². The monoisotopic (exact) mass is 729 g/mol. The average Bonchev–Trinajstić information content (AvgIpc) is 3.67. The van der Waals surface area contributed by atoms with Crippen LogP contribution in [-0.2, 0) is 0 Å². The molecule has 10 aromatic carbocycles. The van der Waals surface area contributed by atoms with Crippen LogP contribution in [-0.4, -0.2) is 0 Å². The molecule has 1 aromatic heterocycles. The second-order valence-corrected chi connectivity index (χ2v) is 15.5. The van der Waals surface area contributed by atoms with E-state index >= 15 is 0 Å². The van der Waals surface area contributed by atoms with E-state index < -0.39 is 0 Å². The highest BCUT2D eigenvalue weighted by Gasteiger charge is 2.23. The first kappa shape index (κ1) is 32.4. The van der Waals surface area contributed by atoms with Crippen LogP contribution in [0, 0.1) is 0 Å². The molecule has 0 aliphatic heterocycles. The molecule has 262 valence electrons. The molecule has 0 aliphatic rings. The van der Waals surface area contributed by atoms with Gasteiger partial charge in [-0.15, -0.1) is 11.3 Å². The van der Waals surface area contributed by atoms with Crippen molar-refractivity contribution in [3.63, 3.8) is 0 Å². The topological polar surface area (TPSA) is 3.24 Å². The van der Waals surface area contributed by atoms with Gasteiger partial charge in [-0.05, 0) is 96.5 Å². The fourth-order valence-corrected chi connectivity index (χ4v) is 9.87. The van der Waals surface area contributed by atoms with E-state index in [0.717, 1.165) is 17.1 Å². The summed E-state index contributed by atoms with van der Waals surface area (Å²) in [4.78, 5) is 2.50. The normalized spacial score (nSPS) is 11.6. The van der Waals surface area contributed by atoms with Gasteiger partial charge in [-0.2, -0.15) is 0 Å². The molecule has 0 aliphatic carbocycles. The zero-order chi connectivity index (χ0) is 37.0. The largest absolute Gasteiger partial charge is 0.310 e. The number of nitrogens with zero attached hydrogens (tertiary/aromatic N) is 1. The van der Waals surface area contributed by atoms with Crippen LogP contribution in [0.1, 0.15) is 0 Å². The molecule has 56 heavy (non-hydrogen) atoms. The van der Waals surface area contributed by atoms with Gasteiger partial charge in [0.25, 0.3) is 0 Å². The Bertz CT molecular complexity index is 3250. The lowest BCUT2D eigenvalue weighted by molar-refractivity contribution is 1.31. The minimum atomic E-state index is 1.11. The van der Waals surface area contributed by atoms with E-state index in [-0.39, 0.29) is 0 Å². The summed E-state index contributed by atoms with van der Waals surface area (Å²) in [5, 5.41) is 10.0. The third kappa shape index (κ3) is 5.38. The third-order valence-electron chi connectivity index (χ3n) is 11.2. The third-order valence-corrected chi connectivity index (χ3v) is 12.4. The van der Waals surface area contributed by atoms with Gasteiger partial charge in [0.1, 0.15) is 0 Å². The molecule has 0 unspecified atom stereocenters. The molecule has 0 saturated carbocycles. The van der Waals surface area contributed by atoms with Crippen molar-refractivity contribution in [1.82, 2.24) is 0 Å². The molecule has 0 amide bonds. The van der Waals surface area contributed by atoms with Crippen molar-refractivity contribution in [1.29, 1.82) is 0 Å². The van der Waals surface area contributed by atoms with Crippen LogP contribution in [0.2, 0.25) is 0 Å². The van der Waals surface area contributed by atoms with Gasteiger partial charge in [0.2, 0.25) is 0 Å². The summed E-state index contributed by atoms with van der Waals surface area (Å²) in [7, 11) is 0. The van der Waals surface area contributed by atoms with Crippen molar-refractivity contribution in [2.24, 2.45) is 0 Å². The van der Waals surface area contributed by atoms with Crippen LogP contribution in [0.4, 0.5) is 17.1 Å². The second-order valence-electron chi connectivity index (χ2n) is 14.5. The second kappa shape index (κ2) is 13.4. The molecule has 0 N–H and O–H groups in total. The molecule has 0 saturated heterocycles. The number of hydrogen-bond acceptors (Lipinski definition) is 2. The molecule has 11 rings (SSSR count). The van der Waals surface area contributed by atoms with Crippen LogP contribution in [0.5, 0.6) is 0 Å². The van der Waals surface area contributed by atoms with Crippen molar-refractivity contribution in [3.8, 4) is 33.4 Å². The maximum Gasteiger partial charge on any atom is 0.0555 e. The van der Waals surface area contributed by atoms with Crippen molar-refractivity contribution in [2.75, 3.05) is 4.90 Å². The maximum atomic E-state index is 2.50. The predicted octanol–water partition coefficient (Wildman–Crippen LogP) is 16.0. The molecule has 0 atom stereocenters. The molecule has 0 spiro atoms. The smallest absolute Gasteiger partial charge is 0.0555 e. The highest BCUT2D eigenvalue weighted by Crippen LogP contribution is 2.50. The molecule has 11 aromatic rings. The highest BCUT2D eigenvalue weighted by molar-refractivity contribution is 7.26. The summed E-state index contributed by atoms with van der Waals surface area (Å²) in [6.07, 6.45) is 0. The van der Waals surface area contributed by atoms with Gasteiger partial charge in [0, 0.05) is 37.1 Å². The quantitative estimate of drug-likeness (QED) is 0.154. The summed E-state index contributed by atoms with van der Waals surface area (Å²) in [5.41, 5.74) is 10.7. The lowest BCUT2D eigenvalue weighted by atomic mass is 9.93. The van der Waals surface area contributed by atoms with Gasteiger partial charge < -0.3 is 4.90 Å². The Kier molecular flexibility index (Phi) is 7.75. The van der Waals surface area contributed by atoms with Crippen molar-refractivity contribution < 1.29 is 0 Å². The summed E-state index contributed by atoms with van der Waals surface area (Å²) in [6, 6.07) is 77.8. The molecule has 0 bridgehead atoms. The standard InChI is InChI=1S/C54H35NS/c1-3-14-36(15-4-1)45-31-30-42(35-49(45)38-16-5-2-6-17-38)55(41-29-28-40-27-26-39-19-8-10-22-44(39)50(40)34-41)51-33-32-47(46-24-13-20-37-18-7-9-21-43(37)46)54-53(51)48-23-11-12-25-52(48)56-54/h1-35H. The Morgan fingerprint density at radius 2 is 0.875 bits per heavy atom. The fourth-order valence-electron chi connectivity index (χ4n) is 8.62. The summed E-state index contributed by atoms with van der Waals surface area (Å²) >= 11 is 1.89. The first-order chi connectivity index (χ1) is 27.8. The van der Waals surface area contributed by atoms with Gasteiger partial charge in [-0.1, -0.05) is 176 Å². The Morgan fingerprint density at radius 1 is 0.321 bits per heavy atom. The first-order valence-corrected chi connectivity index (χ1v) is 20.0. The van der Waals surface area contributed by atoms with Crippen LogP contribution in [0.3, 0.4) is 0 Å². The van der Waals surface area contributed by atoms with Crippen molar-refractivity contribution >= 4 is 80.9 Å². The predicted molar refractivity (Wildman–Crippen MR) is 243 cm³/mol.